The summed E-state index contributed by atoms with van der Waals surface area (Å²) in [4.78, 5) is 0. The van der Waals surface area contributed by atoms with Crippen LogP contribution in [0.5, 0.6) is 5.75 Å². The normalized spacial score (nSPS) is 20.0. The highest BCUT2D eigenvalue weighted by Crippen LogP contribution is 2.22. The molecule has 1 aromatic carbocycles. The van der Waals surface area contributed by atoms with Crippen molar-refractivity contribution in [2.45, 2.75) is 50.7 Å². The van der Waals surface area contributed by atoms with E-state index in [0.717, 1.165) is 38.0 Å². The van der Waals surface area contributed by atoms with Gasteiger partial charge in [-0.25, -0.2) is 0 Å². The molecule has 1 heterocycles. The average molecular weight is 278 g/mol. The molecule has 1 aromatic rings. The maximum absolute atomic E-state index is 5.68. The summed E-state index contributed by atoms with van der Waals surface area (Å²) in [6.45, 7) is 0.935. The molecule has 4 heteroatoms. The topological polar surface area (TPSA) is 56.5 Å². The second-order valence-corrected chi connectivity index (χ2v) is 5.45. The molecule has 2 atom stereocenters. The first-order chi connectivity index (χ1) is 9.83. The van der Waals surface area contributed by atoms with Gasteiger partial charge in [0.15, 0.2) is 0 Å². The van der Waals surface area contributed by atoms with Gasteiger partial charge in [-0.2, -0.15) is 0 Å². The Bertz CT molecular complexity index is 392. The monoisotopic (exact) mass is 278 g/mol. The third kappa shape index (κ3) is 4.47. The molecule has 0 amide bonds. The largest absolute Gasteiger partial charge is 0.496 e. The van der Waals surface area contributed by atoms with Crippen LogP contribution in [-0.2, 0) is 11.2 Å². The molecule has 1 fully saturated rings. The lowest BCUT2D eigenvalue weighted by Gasteiger charge is -2.18. The van der Waals surface area contributed by atoms with E-state index in [1.54, 1.807) is 7.11 Å². The zero-order chi connectivity index (χ0) is 14.2. The van der Waals surface area contributed by atoms with Gasteiger partial charge in [0.05, 0.1) is 13.2 Å². The van der Waals surface area contributed by atoms with Gasteiger partial charge >= 0.3 is 0 Å². The fraction of sp³-hybridized carbons (Fsp3) is 0.625. The minimum absolute atomic E-state index is 0.285. The Morgan fingerprint density at radius 3 is 3.00 bits per heavy atom. The van der Waals surface area contributed by atoms with Gasteiger partial charge in [-0.1, -0.05) is 18.2 Å². The highest BCUT2D eigenvalue weighted by Gasteiger charge is 2.16. The molecule has 0 saturated carbocycles. The molecule has 2 rings (SSSR count). The zero-order valence-electron chi connectivity index (χ0n) is 12.3. The van der Waals surface area contributed by atoms with Crippen LogP contribution >= 0.6 is 0 Å². The predicted octanol–water partition coefficient (Wildman–Crippen LogP) is 2.42. The van der Waals surface area contributed by atoms with E-state index < -0.39 is 0 Å². The minimum Gasteiger partial charge on any atom is -0.496 e. The Morgan fingerprint density at radius 1 is 1.45 bits per heavy atom. The van der Waals surface area contributed by atoms with E-state index >= 15 is 0 Å². The molecule has 3 N–H and O–H groups in total. The molecule has 0 spiro atoms. The number of rotatable bonds is 8. The molecule has 0 bridgehead atoms. The van der Waals surface area contributed by atoms with Crippen molar-refractivity contribution in [1.29, 1.82) is 0 Å². The van der Waals surface area contributed by atoms with Crippen molar-refractivity contribution in [1.82, 2.24) is 5.43 Å². The summed E-state index contributed by atoms with van der Waals surface area (Å²) >= 11 is 0. The van der Waals surface area contributed by atoms with Gasteiger partial charge in [-0.3, -0.25) is 11.3 Å². The number of hydrogen-bond acceptors (Lipinski definition) is 4. The second kappa shape index (κ2) is 8.25. The highest BCUT2D eigenvalue weighted by molar-refractivity contribution is 5.33. The van der Waals surface area contributed by atoms with Crippen molar-refractivity contribution in [3.05, 3.63) is 29.8 Å². The van der Waals surface area contributed by atoms with Crippen molar-refractivity contribution in [2.75, 3.05) is 13.7 Å². The molecular formula is C16H26N2O2. The fourth-order valence-corrected chi connectivity index (χ4v) is 2.85. The molecule has 1 aliphatic heterocycles. The minimum atomic E-state index is 0.285. The third-order valence-corrected chi connectivity index (χ3v) is 4.00. The Morgan fingerprint density at radius 2 is 2.30 bits per heavy atom. The predicted molar refractivity (Wildman–Crippen MR) is 80.6 cm³/mol. The summed E-state index contributed by atoms with van der Waals surface area (Å²) in [5.74, 6) is 6.62. The van der Waals surface area contributed by atoms with Gasteiger partial charge in [0.2, 0.25) is 0 Å². The van der Waals surface area contributed by atoms with Gasteiger partial charge in [0.1, 0.15) is 5.75 Å². The van der Waals surface area contributed by atoms with E-state index in [0.29, 0.717) is 6.10 Å². The number of hydrazine groups is 1. The standard InChI is InChI=1S/C16H26N2O2/c1-19-16-10-3-2-6-13(16)12-14(18-17)7-4-8-15-9-5-11-20-15/h2-3,6,10,14-15,18H,4-5,7-9,11-12,17H2,1H3. The first kappa shape index (κ1) is 15.3. The van der Waals surface area contributed by atoms with Crippen LogP contribution in [0.3, 0.4) is 0 Å². The van der Waals surface area contributed by atoms with Crippen LogP contribution in [0.1, 0.15) is 37.7 Å². The van der Waals surface area contributed by atoms with Crippen molar-refractivity contribution in [3.63, 3.8) is 0 Å². The van der Waals surface area contributed by atoms with Gasteiger partial charge in [-0.15, -0.1) is 0 Å². The third-order valence-electron chi connectivity index (χ3n) is 4.00. The van der Waals surface area contributed by atoms with Gasteiger partial charge in [-0.05, 0) is 50.2 Å². The van der Waals surface area contributed by atoms with Crippen molar-refractivity contribution in [3.8, 4) is 5.75 Å². The Kier molecular flexibility index (Phi) is 6.30. The first-order valence-electron chi connectivity index (χ1n) is 7.53. The lowest BCUT2D eigenvalue weighted by molar-refractivity contribution is 0.101. The van der Waals surface area contributed by atoms with Crippen LogP contribution in [0.2, 0.25) is 0 Å². The number of hydrogen-bond donors (Lipinski definition) is 2. The van der Waals surface area contributed by atoms with Crippen LogP contribution in [0, 0.1) is 0 Å². The Hall–Kier alpha value is -1.10. The molecule has 1 saturated heterocycles. The molecule has 0 radical (unpaired) electrons. The first-order valence-corrected chi connectivity index (χ1v) is 7.53. The van der Waals surface area contributed by atoms with Crippen LogP contribution in [0.4, 0.5) is 0 Å². The molecule has 1 aliphatic rings. The van der Waals surface area contributed by atoms with Crippen molar-refractivity contribution >= 4 is 0 Å². The summed E-state index contributed by atoms with van der Waals surface area (Å²) in [7, 11) is 1.71. The number of methoxy groups -OCH3 is 1. The number of nitrogens with two attached hydrogens (primary N) is 1. The quantitative estimate of drug-likeness (QED) is 0.566. The van der Waals surface area contributed by atoms with Gasteiger partial charge in [0, 0.05) is 12.6 Å². The Balaban J connectivity index is 1.79. The number of para-hydroxylation sites is 1. The van der Waals surface area contributed by atoms with Crippen LogP contribution in [-0.4, -0.2) is 25.9 Å². The zero-order valence-corrected chi connectivity index (χ0v) is 12.3. The summed E-state index contributed by atoms with van der Waals surface area (Å²) < 4.78 is 11.0. The average Bonchev–Trinajstić information content (AvgIpc) is 3.00. The lowest BCUT2D eigenvalue weighted by Crippen LogP contribution is -2.37. The lowest BCUT2D eigenvalue weighted by atomic mass is 9.99. The molecule has 20 heavy (non-hydrogen) atoms. The van der Waals surface area contributed by atoms with E-state index in [-0.39, 0.29) is 6.04 Å². The smallest absolute Gasteiger partial charge is 0.122 e. The van der Waals surface area contributed by atoms with Crippen LogP contribution in [0.25, 0.3) is 0 Å². The van der Waals surface area contributed by atoms with Crippen molar-refractivity contribution in [2.24, 2.45) is 5.84 Å². The highest BCUT2D eigenvalue weighted by atomic mass is 16.5. The molecule has 112 valence electrons. The number of benzene rings is 1. The second-order valence-electron chi connectivity index (χ2n) is 5.45. The van der Waals surface area contributed by atoms with E-state index in [4.69, 9.17) is 15.3 Å². The van der Waals surface area contributed by atoms with E-state index in [2.05, 4.69) is 11.5 Å². The summed E-state index contributed by atoms with van der Waals surface area (Å²) in [5.41, 5.74) is 4.13. The number of ether oxygens (including phenoxy) is 2. The maximum atomic E-state index is 5.68. The summed E-state index contributed by atoms with van der Waals surface area (Å²) in [5, 5.41) is 0. The molecule has 0 aromatic heterocycles. The summed E-state index contributed by atoms with van der Waals surface area (Å²) in [6.07, 6.45) is 7.15. The molecule has 0 aliphatic carbocycles. The number of nitrogens with one attached hydrogen (secondary N) is 1. The van der Waals surface area contributed by atoms with Gasteiger partial charge < -0.3 is 9.47 Å². The van der Waals surface area contributed by atoms with Crippen molar-refractivity contribution < 1.29 is 9.47 Å². The maximum Gasteiger partial charge on any atom is 0.122 e. The van der Waals surface area contributed by atoms with Crippen LogP contribution in [0.15, 0.2) is 24.3 Å². The van der Waals surface area contributed by atoms with E-state index in [9.17, 15) is 0 Å². The van der Waals surface area contributed by atoms with E-state index in [1.807, 2.05) is 18.2 Å². The molecule has 4 nitrogen and oxygen atoms in total. The fourth-order valence-electron chi connectivity index (χ4n) is 2.85. The van der Waals surface area contributed by atoms with E-state index in [1.165, 1.54) is 18.4 Å². The summed E-state index contributed by atoms with van der Waals surface area (Å²) in [6, 6.07) is 8.41. The molecular weight excluding hydrogens is 252 g/mol. The van der Waals surface area contributed by atoms with Gasteiger partial charge in [0.25, 0.3) is 0 Å². The van der Waals surface area contributed by atoms with Crippen LogP contribution < -0.4 is 16.0 Å². The SMILES string of the molecule is COc1ccccc1CC(CCCC1CCCO1)NN. The Labute approximate surface area is 121 Å². The molecule has 2 unspecified atom stereocenters.